The molecule has 2 atom stereocenters. The number of methoxy groups -OCH3 is 1. The molecule has 2 N–H and O–H groups in total. The number of esters is 1. The minimum Gasteiger partial charge on any atom is -0.469 e. The van der Waals surface area contributed by atoms with Gasteiger partial charge in [0.05, 0.1) is 18.6 Å². The van der Waals surface area contributed by atoms with Crippen LogP contribution in [0.15, 0.2) is 48.5 Å². The van der Waals surface area contributed by atoms with Crippen LogP contribution in [0.25, 0.3) is 0 Å². The highest BCUT2D eigenvalue weighted by Gasteiger charge is 2.50. The van der Waals surface area contributed by atoms with Crippen LogP contribution in [-0.2, 0) is 21.6 Å². The van der Waals surface area contributed by atoms with Gasteiger partial charge >= 0.3 is 5.97 Å². The molecule has 0 aromatic heterocycles. The quantitative estimate of drug-likeness (QED) is 0.864. The molecule has 1 aliphatic heterocycles. The topological polar surface area (TPSA) is 55.6 Å². The molecule has 0 radical (unpaired) electrons. The number of nitrogens with two attached hydrogens (primary N) is 1. The summed E-state index contributed by atoms with van der Waals surface area (Å²) in [6, 6.07) is 13.0. The number of benzene rings is 2. The lowest BCUT2D eigenvalue weighted by Crippen LogP contribution is -2.48. The summed E-state index contributed by atoms with van der Waals surface area (Å²) in [7, 11) is 1.28. The first-order valence-corrected chi connectivity index (χ1v) is 8.02. The molecule has 0 amide bonds. The van der Waals surface area contributed by atoms with Crippen molar-refractivity contribution in [1.29, 1.82) is 0 Å². The van der Waals surface area contributed by atoms with Crippen molar-refractivity contribution in [2.45, 2.75) is 12.1 Å². The lowest BCUT2D eigenvalue weighted by molar-refractivity contribution is -0.146. The molecule has 2 aromatic carbocycles. The summed E-state index contributed by atoms with van der Waals surface area (Å²) in [6.45, 7) is 1.19. The molecule has 132 valence electrons. The summed E-state index contributed by atoms with van der Waals surface area (Å²) < 4.78 is 32.5. The van der Waals surface area contributed by atoms with E-state index in [0.29, 0.717) is 13.1 Å². The van der Waals surface area contributed by atoms with Crippen molar-refractivity contribution in [3.63, 3.8) is 0 Å². The van der Waals surface area contributed by atoms with Gasteiger partial charge < -0.3 is 10.5 Å². The highest BCUT2D eigenvalue weighted by Crippen LogP contribution is 2.37. The molecule has 6 heteroatoms. The third kappa shape index (κ3) is 3.41. The third-order valence-electron chi connectivity index (χ3n) is 4.72. The van der Waals surface area contributed by atoms with Gasteiger partial charge in [0.25, 0.3) is 0 Å². The maximum Gasteiger partial charge on any atom is 0.312 e. The molecule has 2 unspecified atom stereocenters. The average Bonchev–Trinajstić information content (AvgIpc) is 2.92. The summed E-state index contributed by atoms with van der Waals surface area (Å²) in [5, 5.41) is 0. The average molecular weight is 346 g/mol. The SMILES string of the molecule is COC(=O)C1CN(Cc2ccccc2)CC1(N)c1ccc(F)cc1F. The van der Waals surface area contributed by atoms with Gasteiger partial charge in [-0.05, 0) is 11.6 Å². The van der Waals surface area contributed by atoms with E-state index in [1.165, 1.54) is 13.2 Å². The highest BCUT2D eigenvalue weighted by atomic mass is 19.1. The molecule has 2 aromatic rings. The molecule has 1 heterocycles. The maximum absolute atomic E-state index is 14.4. The number of ether oxygens (including phenoxy) is 1. The van der Waals surface area contributed by atoms with E-state index in [0.717, 1.165) is 17.7 Å². The first-order chi connectivity index (χ1) is 11.9. The van der Waals surface area contributed by atoms with Crippen LogP contribution >= 0.6 is 0 Å². The minimum atomic E-state index is -1.28. The van der Waals surface area contributed by atoms with Crippen LogP contribution in [0.5, 0.6) is 0 Å². The van der Waals surface area contributed by atoms with Gasteiger partial charge in [-0.25, -0.2) is 8.78 Å². The zero-order chi connectivity index (χ0) is 18.0. The van der Waals surface area contributed by atoms with Crippen LogP contribution in [0, 0.1) is 17.6 Å². The van der Waals surface area contributed by atoms with Gasteiger partial charge in [0.1, 0.15) is 11.6 Å². The number of hydrogen-bond donors (Lipinski definition) is 1. The Bertz CT molecular complexity index is 769. The largest absolute Gasteiger partial charge is 0.469 e. The number of rotatable bonds is 4. The van der Waals surface area contributed by atoms with Gasteiger partial charge in [0, 0.05) is 31.3 Å². The Morgan fingerprint density at radius 1 is 1.28 bits per heavy atom. The molecule has 3 rings (SSSR count). The monoisotopic (exact) mass is 346 g/mol. The number of likely N-dealkylation sites (tertiary alicyclic amines) is 1. The number of carbonyl (C=O) groups is 1. The van der Waals surface area contributed by atoms with Crippen molar-refractivity contribution in [1.82, 2.24) is 4.90 Å². The molecular formula is C19H20F2N2O2. The van der Waals surface area contributed by atoms with Crippen molar-refractivity contribution >= 4 is 5.97 Å². The van der Waals surface area contributed by atoms with Crippen molar-refractivity contribution < 1.29 is 18.3 Å². The predicted molar refractivity (Wildman–Crippen MR) is 89.4 cm³/mol. The van der Waals surface area contributed by atoms with Crippen LogP contribution in [0.3, 0.4) is 0 Å². The molecule has 1 aliphatic rings. The molecule has 1 saturated heterocycles. The lowest BCUT2D eigenvalue weighted by atomic mass is 9.81. The fourth-order valence-electron chi connectivity index (χ4n) is 3.49. The Hall–Kier alpha value is -2.31. The van der Waals surface area contributed by atoms with Crippen molar-refractivity contribution in [3.05, 3.63) is 71.3 Å². The molecule has 1 fully saturated rings. The van der Waals surface area contributed by atoms with Crippen molar-refractivity contribution in [3.8, 4) is 0 Å². The lowest BCUT2D eigenvalue weighted by Gasteiger charge is -2.30. The summed E-state index contributed by atoms with van der Waals surface area (Å²) in [5.41, 5.74) is 6.40. The summed E-state index contributed by atoms with van der Waals surface area (Å²) in [5.74, 6) is -2.67. The Morgan fingerprint density at radius 3 is 2.64 bits per heavy atom. The van der Waals surface area contributed by atoms with E-state index < -0.39 is 29.1 Å². The molecule has 0 spiro atoms. The van der Waals surface area contributed by atoms with Gasteiger partial charge in [-0.1, -0.05) is 36.4 Å². The zero-order valence-corrected chi connectivity index (χ0v) is 13.9. The Morgan fingerprint density at radius 2 is 2.00 bits per heavy atom. The number of halogens is 2. The number of nitrogens with zero attached hydrogens (tertiary/aromatic N) is 1. The van der Waals surface area contributed by atoms with E-state index in [4.69, 9.17) is 10.5 Å². The molecule has 25 heavy (non-hydrogen) atoms. The van der Waals surface area contributed by atoms with Crippen LogP contribution in [0.1, 0.15) is 11.1 Å². The van der Waals surface area contributed by atoms with Gasteiger partial charge in [-0.15, -0.1) is 0 Å². The Labute approximate surface area is 145 Å². The maximum atomic E-state index is 14.4. The third-order valence-corrected chi connectivity index (χ3v) is 4.72. The van der Waals surface area contributed by atoms with E-state index in [1.807, 2.05) is 35.2 Å². The predicted octanol–water partition coefficient (Wildman–Crippen LogP) is 2.42. The van der Waals surface area contributed by atoms with Crippen molar-refractivity contribution in [2.75, 3.05) is 20.2 Å². The van der Waals surface area contributed by atoms with E-state index in [2.05, 4.69) is 0 Å². The van der Waals surface area contributed by atoms with Gasteiger partial charge in [-0.2, -0.15) is 0 Å². The van der Waals surface area contributed by atoms with Crippen LogP contribution in [0.4, 0.5) is 8.78 Å². The standard InChI is InChI=1S/C19H20F2N2O2/c1-25-18(24)16-11-23(10-13-5-3-2-4-6-13)12-19(16,22)15-8-7-14(20)9-17(15)21/h2-9,16H,10-12,22H2,1H3. The fraction of sp³-hybridized carbons (Fsp3) is 0.316. The fourth-order valence-corrected chi connectivity index (χ4v) is 3.49. The Balaban J connectivity index is 1.93. The minimum absolute atomic E-state index is 0.125. The Kier molecular flexibility index (Phi) is 4.83. The summed E-state index contributed by atoms with van der Waals surface area (Å²) >= 11 is 0. The highest BCUT2D eigenvalue weighted by molar-refractivity contribution is 5.75. The van der Waals surface area contributed by atoms with Gasteiger partial charge in [-0.3, -0.25) is 9.69 Å². The molecule has 0 saturated carbocycles. The van der Waals surface area contributed by atoms with E-state index in [9.17, 15) is 13.6 Å². The van der Waals surface area contributed by atoms with E-state index >= 15 is 0 Å². The van der Waals surface area contributed by atoms with Crippen molar-refractivity contribution in [2.24, 2.45) is 11.7 Å². The molecule has 4 nitrogen and oxygen atoms in total. The van der Waals surface area contributed by atoms with Gasteiger partial charge in [0.15, 0.2) is 0 Å². The first-order valence-electron chi connectivity index (χ1n) is 8.02. The smallest absolute Gasteiger partial charge is 0.312 e. The molecule has 0 bridgehead atoms. The zero-order valence-electron chi connectivity index (χ0n) is 13.9. The van der Waals surface area contributed by atoms with Gasteiger partial charge in [0.2, 0.25) is 0 Å². The summed E-state index contributed by atoms with van der Waals surface area (Å²) in [4.78, 5) is 14.2. The molecule has 0 aliphatic carbocycles. The number of hydrogen-bond acceptors (Lipinski definition) is 4. The molecular weight excluding hydrogens is 326 g/mol. The van der Waals surface area contributed by atoms with E-state index in [-0.39, 0.29) is 12.1 Å². The normalized spacial score (nSPS) is 23.6. The first kappa shape index (κ1) is 17.5. The van der Waals surface area contributed by atoms with Crippen LogP contribution in [-0.4, -0.2) is 31.1 Å². The second-order valence-electron chi connectivity index (χ2n) is 6.40. The second kappa shape index (κ2) is 6.90. The second-order valence-corrected chi connectivity index (χ2v) is 6.40. The van der Waals surface area contributed by atoms with Crippen LogP contribution < -0.4 is 5.73 Å². The number of carbonyl (C=O) groups excluding carboxylic acids is 1. The van der Waals surface area contributed by atoms with Crippen LogP contribution in [0.2, 0.25) is 0 Å². The summed E-state index contributed by atoms with van der Waals surface area (Å²) in [6.07, 6.45) is 0. The van der Waals surface area contributed by atoms with E-state index in [1.54, 1.807) is 0 Å².